The molecule has 5 nitrogen and oxygen atoms in total. The van der Waals surface area contributed by atoms with Gasteiger partial charge in [-0.05, 0) is 32.0 Å². The van der Waals surface area contributed by atoms with Crippen molar-refractivity contribution in [3.05, 3.63) is 28.8 Å². The zero-order valence-electron chi connectivity index (χ0n) is 10.7. The van der Waals surface area contributed by atoms with E-state index in [0.717, 1.165) is 0 Å². The Morgan fingerprint density at radius 3 is 2.53 bits per heavy atom. The van der Waals surface area contributed by atoms with Gasteiger partial charge in [-0.3, -0.25) is 0 Å². The fourth-order valence-corrected chi connectivity index (χ4v) is 3.58. The van der Waals surface area contributed by atoms with Crippen LogP contribution >= 0.6 is 11.6 Å². The number of rotatable bonds is 5. The number of hydrogen-bond donors (Lipinski definition) is 1. The highest BCUT2D eigenvalue weighted by molar-refractivity contribution is 7.89. The zero-order chi connectivity index (χ0) is 14.6. The molecule has 7 heteroatoms. The maximum absolute atomic E-state index is 12.4. The fourth-order valence-electron chi connectivity index (χ4n) is 1.64. The second-order valence-electron chi connectivity index (χ2n) is 4.19. The van der Waals surface area contributed by atoms with Crippen molar-refractivity contribution in [2.24, 2.45) is 0 Å². The summed E-state index contributed by atoms with van der Waals surface area (Å²) in [6, 6.07) is 5.54. The van der Waals surface area contributed by atoms with Gasteiger partial charge < -0.3 is 5.11 Å². The highest BCUT2D eigenvalue weighted by atomic mass is 35.5. The molecule has 0 atom stereocenters. The largest absolute Gasteiger partial charge is 0.395 e. The number of hydrogen-bond acceptors (Lipinski definition) is 4. The minimum absolute atomic E-state index is 0.0115. The van der Waals surface area contributed by atoms with Gasteiger partial charge >= 0.3 is 0 Å². The first-order valence-corrected chi connectivity index (χ1v) is 7.48. The Hall–Kier alpha value is -1.13. The lowest BCUT2D eigenvalue weighted by Crippen LogP contribution is -2.38. The van der Waals surface area contributed by atoms with Crippen LogP contribution in [0.2, 0.25) is 5.02 Å². The average molecular weight is 303 g/mol. The van der Waals surface area contributed by atoms with Crippen LogP contribution in [0, 0.1) is 11.3 Å². The van der Waals surface area contributed by atoms with Crippen LogP contribution in [0.5, 0.6) is 0 Å². The van der Waals surface area contributed by atoms with Crippen molar-refractivity contribution in [3.8, 4) is 6.07 Å². The summed E-state index contributed by atoms with van der Waals surface area (Å²) in [6.07, 6.45) is 0. The molecule has 0 fully saturated rings. The van der Waals surface area contributed by atoms with E-state index in [0.29, 0.717) is 0 Å². The smallest absolute Gasteiger partial charge is 0.243 e. The first-order chi connectivity index (χ1) is 8.84. The molecule has 0 aliphatic heterocycles. The van der Waals surface area contributed by atoms with Crippen molar-refractivity contribution in [1.29, 1.82) is 5.26 Å². The molecule has 0 saturated heterocycles. The maximum atomic E-state index is 12.4. The summed E-state index contributed by atoms with van der Waals surface area (Å²) in [4.78, 5) is 0.0126. The molecule has 1 aromatic rings. The number of aliphatic hydroxyl groups is 1. The molecule has 104 valence electrons. The van der Waals surface area contributed by atoms with Crippen LogP contribution in [0.15, 0.2) is 23.1 Å². The van der Waals surface area contributed by atoms with Crippen molar-refractivity contribution in [3.63, 3.8) is 0 Å². The lowest BCUT2D eigenvalue weighted by molar-refractivity contribution is 0.236. The summed E-state index contributed by atoms with van der Waals surface area (Å²) >= 11 is 5.84. The summed E-state index contributed by atoms with van der Waals surface area (Å²) in [5.41, 5.74) is 0.221. The number of sulfonamides is 1. The van der Waals surface area contributed by atoms with Crippen LogP contribution in [0.1, 0.15) is 19.4 Å². The van der Waals surface area contributed by atoms with Gasteiger partial charge in [0.15, 0.2) is 0 Å². The second-order valence-corrected chi connectivity index (χ2v) is 6.48. The SMILES string of the molecule is CC(C)N(CCO)S(=O)(=O)c1ccc(C#N)c(Cl)c1. The molecule has 0 amide bonds. The maximum Gasteiger partial charge on any atom is 0.243 e. The lowest BCUT2D eigenvalue weighted by Gasteiger charge is -2.25. The fraction of sp³-hybridized carbons (Fsp3) is 0.417. The topological polar surface area (TPSA) is 81.4 Å². The van der Waals surface area contributed by atoms with Crippen LogP contribution in [0.4, 0.5) is 0 Å². The van der Waals surface area contributed by atoms with Crippen LogP contribution < -0.4 is 0 Å². The first-order valence-electron chi connectivity index (χ1n) is 5.67. The van der Waals surface area contributed by atoms with Crippen LogP contribution in [0.25, 0.3) is 0 Å². The van der Waals surface area contributed by atoms with E-state index in [-0.39, 0.29) is 34.7 Å². The molecule has 0 bridgehead atoms. The average Bonchev–Trinajstić information content (AvgIpc) is 2.35. The molecule has 0 aliphatic rings. The number of aliphatic hydroxyl groups excluding tert-OH is 1. The summed E-state index contributed by atoms with van der Waals surface area (Å²) in [6.45, 7) is 3.19. The van der Waals surface area contributed by atoms with Gasteiger partial charge in [0.25, 0.3) is 0 Å². The van der Waals surface area contributed by atoms with Crippen molar-refractivity contribution in [1.82, 2.24) is 4.31 Å². The van der Waals surface area contributed by atoms with Gasteiger partial charge in [0.05, 0.1) is 22.1 Å². The van der Waals surface area contributed by atoms with Gasteiger partial charge in [-0.1, -0.05) is 11.6 Å². The minimum Gasteiger partial charge on any atom is -0.395 e. The van der Waals surface area contributed by atoms with Gasteiger partial charge in [0.2, 0.25) is 10.0 Å². The molecule has 0 spiro atoms. The molecule has 0 unspecified atom stereocenters. The Bertz CT molecular complexity index is 593. The molecule has 0 aromatic heterocycles. The number of nitrogens with zero attached hydrogens (tertiary/aromatic N) is 2. The van der Waals surface area contributed by atoms with E-state index in [1.54, 1.807) is 13.8 Å². The van der Waals surface area contributed by atoms with Gasteiger partial charge in [-0.2, -0.15) is 9.57 Å². The quantitative estimate of drug-likeness (QED) is 0.896. The lowest BCUT2D eigenvalue weighted by atomic mass is 10.2. The van der Waals surface area contributed by atoms with E-state index in [2.05, 4.69) is 0 Å². The summed E-state index contributed by atoms with van der Waals surface area (Å²) in [7, 11) is -3.73. The third-order valence-corrected chi connectivity index (χ3v) is 4.95. The molecule has 1 rings (SSSR count). The standard InChI is InChI=1S/C12H15ClN2O3S/c1-9(2)15(5-6-16)19(17,18)11-4-3-10(8-14)12(13)7-11/h3-4,7,9,16H,5-6H2,1-2H3. The van der Waals surface area contributed by atoms with Gasteiger partial charge in [-0.25, -0.2) is 8.42 Å². The van der Waals surface area contributed by atoms with E-state index < -0.39 is 10.0 Å². The Kier molecular flexibility index (Phi) is 5.32. The van der Waals surface area contributed by atoms with E-state index in [1.807, 2.05) is 6.07 Å². The van der Waals surface area contributed by atoms with E-state index in [4.69, 9.17) is 22.0 Å². The molecule has 0 heterocycles. The molecular weight excluding hydrogens is 288 g/mol. The molecule has 0 radical (unpaired) electrons. The molecule has 1 N–H and O–H groups in total. The Balaban J connectivity index is 3.26. The van der Waals surface area contributed by atoms with Crippen molar-refractivity contribution < 1.29 is 13.5 Å². The molecule has 0 saturated carbocycles. The predicted molar refractivity (Wildman–Crippen MR) is 72.3 cm³/mol. The number of halogens is 1. The van der Waals surface area contributed by atoms with Crippen molar-refractivity contribution in [2.45, 2.75) is 24.8 Å². The van der Waals surface area contributed by atoms with E-state index >= 15 is 0 Å². The predicted octanol–water partition coefficient (Wildman–Crippen LogP) is 1.60. The zero-order valence-corrected chi connectivity index (χ0v) is 12.2. The van der Waals surface area contributed by atoms with Crippen LogP contribution in [-0.4, -0.2) is 37.0 Å². The Labute approximate surface area is 118 Å². The summed E-state index contributed by atoms with van der Waals surface area (Å²) < 4.78 is 26.0. The monoisotopic (exact) mass is 302 g/mol. The first kappa shape index (κ1) is 15.9. The van der Waals surface area contributed by atoms with Gasteiger partial charge in [0.1, 0.15) is 6.07 Å². The van der Waals surface area contributed by atoms with E-state index in [1.165, 1.54) is 22.5 Å². The molecule has 0 aliphatic carbocycles. The molecule has 1 aromatic carbocycles. The molecular formula is C12H15ClN2O3S. The van der Waals surface area contributed by atoms with E-state index in [9.17, 15) is 8.42 Å². The van der Waals surface area contributed by atoms with Gasteiger partial charge in [-0.15, -0.1) is 0 Å². The minimum atomic E-state index is -3.73. The Morgan fingerprint density at radius 1 is 1.47 bits per heavy atom. The second kappa shape index (κ2) is 6.35. The normalized spacial score (nSPS) is 11.8. The third kappa shape index (κ3) is 3.45. The van der Waals surface area contributed by atoms with Crippen molar-refractivity contribution in [2.75, 3.05) is 13.2 Å². The van der Waals surface area contributed by atoms with Gasteiger partial charge in [0, 0.05) is 12.6 Å². The summed E-state index contributed by atoms with van der Waals surface area (Å²) in [5.74, 6) is 0. The van der Waals surface area contributed by atoms with Crippen molar-refractivity contribution >= 4 is 21.6 Å². The number of benzene rings is 1. The van der Waals surface area contributed by atoms with Crippen LogP contribution in [0.3, 0.4) is 0 Å². The third-order valence-electron chi connectivity index (χ3n) is 2.56. The summed E-state index contributed by atoms with van der Waals surface area (Å²) in [5, 5.41) is 17.8. The highest BCUT2D eigenvalue weighted by Gasteiger charge is 2.26. The number of nitriles is 1. The molecule has 19 heavy (non-hydrogen) atoms. The Morgan fingerprint density at radius 2 is 2.11 bits per heavy atom. The van der Waals surface area contributed by atoms with Crippen LogP contribution in [-0.2, 0) is 10.0 Å². The highest BCUT2D eigenvalue weighted by Crippen LogP contribution is 2.23.